The maximum absolute atomic E-state index is 14.5. The summed E-state index contributed by atoms with van der Waals surface area (Å²) in [4.78, 5) is 9.82. The number of halogens is 1. The van der Waals surface area contributed by atoms with E-state index < -0.39 is 0 Å². The van der Waals surface area contributed by atoms with E-state index in [-0.39, 0.29) is 17.2 Å². The Bertz CT molecular complexity index is 1160. The number of hydrogen-bond acceptors (Lipinski definition) is 4. The number of nitrogens with one attached hydrogen (secondary N) is 2. The molecule has 0 aliphatic carbocycles. The van der Waals surface area contributed by atoms with Crippen molar-refractivity contribution in [3.05, 3.63) is 60.7 Å². The Morgan fingerprint density at radius 3 is 2.72 bits per heavy atom. The molecule has 29 heavy (non-hydrogen) atoms. The summed E-state index contributed by atoms with van der Waals surface area (Å²) < 4.78 is 20.4. The van der Waals surface area contributed by atoms with Gasteiger partial charge in [0.05, 0.1) is 11.8 Å². The van der Waals surface area contributed by atoms with Gasteiger partial charge in [0.25, 0.3) is 0 Å². The molecule has 6 heteroatoms. The highest BCUT2D eigenvalue weighted by Crippen LogP contribution is 2.33. The van der Waals surface area contributed by atoms with Crippen molar-refractivity contribution in [1.29, 1.82) is 0 Å². The zero-order valence-electron chi connectivity index (χ0n) is 16.5. The maximum Gasteiger partial charge on any atom is 0.230 e. The van der Waals surface area contributed by atoms with Gasteiger partial charge in [0, 0.05) is 53.5 Å². The maximum atomic E-state index is 14.5. The van der Waals surface area contributed by atoms with Crippen molar-refractivity contribution >= 4 is 16.6 Å². The number of rotatable bonds is 3. The molecule has 2 N–H and O–H groups in total. The van der Waals surface area contributed by atoms with Crippen LogP contribution in [0.2, 0.25) is 0 Å². The molecule has 1 fully saturated rings. The highest BCUT2D eigenvalue weighted by molar-refractivity contribution is 5.93. The van der Waals surface area contributed by atoms with Gasteiger partial charge in [-0.25, -0.2) is 9.37 Å². The van der Waals surface area contributed by atoms with Crippen LogP contribution in [0.5, 0.6) is 0 Å². The molecule has 2 aromatic heterocycles. The molecule has 5 rings (SSSR count). The van der Waals surface area contributed by atoms with Crippen molar-refractivity contribution < 1.29 is 8.81 Å². The predicted molar refractivity (Wildman–Crippen MR) is 113 cm³/mol. The van der Waals surface area contributed by atoms with E-state index >= 15 is 0 Å². The number of benzene rings is 2. The van der Waals surface area contributed by atoms with Crippen molar-refractivity contribution in [2.45, 2.75) is 19.4 Å². The van der Waals surface area contributed by atoms with Crippen LogP contribution in [0.25, 0.3) is 33.7 Å². The largest absolute Gasteiger partial charge is 0.436 e. The van der Waals surface area contributed by atoms with E-state index in [1.54, 1.807) is 18.5 Å². The lowest BCUT2D eigenvalue weighted by molar-refractivity contribution is 0.353. The SMILES string of the molecule is CC1(C)CN(c2ccc(-c3cnc(-c4c(F)ccc5[nH]ccc45)o3)cc2)CCN1. The molecule has 0 bridgehead atoms. The van der Waals surface area contributed by atoms with Gasteiger partial charge < -0.3 is 19.6 Å². The molecule has 1 aliphatic heterocycles. The minimum absolute atomic E-state index is 0.0973. The van der Waals surface area contributed by atoms with E-state index in [0.29, 0.717) is 11.3 Å². The number of H-pyrrole nitrogens is 1. The number of oxazole rings is 1. The molecule has 148 valence electrons. The summed E-state index contributed by atoms with van der Waals surface area (Å²) >= 11 is 0. The molecule has 0 radical (unpaired) electrons. The van der Waals surface area contributed by atoms with E-state index in [1.165, 1.54) is 11.8 Å². The molecule has 0 unspecified atom stereocenters. The highest BCUT2D eigenvalue weighted by atomic mass is 19.1. The molecule has 0 spiro atoms. The molecule has 2 aromatic carbocycles. The van der Waals surface area contributed by atoms with Gasteiger partial charge in [0.15, 0.2) is 5.76 Å². The number of fused-ring (bicyclic) bond motifs is 1. The van der Waals surface area contributed by atoms with Gasteiger partial charge in [-0.2, -0.15) is 0 Å². The molecular formula is C23H23FN4O. The second-order valence-corrected chi connectivity index (χ2v) is 8.17. The van der Waals surface area contributed by atoms with Crippen LogP contribution >= 0.6 is 0 Å². The summed E-state index contributed by atoms with van der Waals surface area (Å²) in [5.41, 5.74) is 3.44. The first-order chi connectivity index (χ1) is 14.0. The second kappa shape index (κ2) is 6.74. The third-order valence-corrected chi connectivity index (χ3v) is 5.49. The molecule has 0 amide bonds. The van der Waals surface area contributed by atoms with Gasteiger partial charge in [0.2, 0.25) is 5.89 Å². The van der Waals surface area contributed by atoms with Crippen LogP contribution in [-0.4, -0.2) is 35.1 Å². The second-order valence-electron chi connectivity index (χ2n) is 8.17. The van der Waals surface area contributed by atoms with Crippen molar-refractivity contribution in [3.8, 4) is 22.8 Å². The van der Waals surface area contributed by atoms with Gasteiger partial charge in [-0.1, -0.05) is 0 Å². The third-order valence-electron chi connectivity index (χ3n) is 5.49. The van der Waals surface area contributed by atoms with Gasteiger partial charge in [-0.3, -0.25) is 0 Å². The van der Waals surface area contributed by atoms with Crippen LogP contribution in [0.4, 0.5) is 10.1 Å². The zero-order valence-corrected chi connectivity index (χ0v) is 16.5. The van der Waals surface area contributed by atoms with Crippen molar-refractivity contribution in [2.75, 3.05) is 24.5 Å². The quantitative estimate of drug-likeness (QED) is 0.527. The van der Waals surface area contributed by atoms with E-state index in [2.05, 4.69) is 46.2 Å². The minimum atomic E-state index is -0.345. The molecule has 5 nitrogen and oxygen atoms in total. The summed E-state index contributed by atoms with van der Waals surface area (Å²) in [5, 5.41) is 4.29. The van der Waals surface area contributed by atoms with Crippen molar-refractivity contribution in [1.82, 2.24) is 15.3 Å². The van der Waals surface area contributed by atoms with Crippen LogP contribution in [0.1, 0.15) is 13.8 Å². The Labute approximate surface area is 168 Å². The molecular weight excluding hydrogens is 367 g/mol. The first-order valence-electron chi connectivity index (χ1n) is 9.82. The number of aromatic nitrogens is 2. The summed E-state index contributed by atoms with van der Waals surface area (Å²) in [6.45, 7) is 7.34. The summed E-state index contributed by atoms with van der Waals surface area (Å²) in [7, 11) is 0. The monoisotopic (exact) mass is 390 g/mol. The Balaban J connectivity index is 1.44. The lowest BCUT2D eigenvalue weighted by Crippen LogP contribution is -2.57. The van der Waals surface area contributed by atoms with Crippen molar-refractivity contribution in [2.24, 2.45) is 0 Å². The van der Waals surface area contributed by atoms with Gasteiger partial charge in [-0.05, 0) is 56.3 Å². The Kier molecular flexibility index (Phi) is 4.17. The zero-order chi connectivity index (χ0) is 20.0. The van der Waals surface area contributed by atoms with E-state index in [9.17, 15) is 4.39 Å². The highest BCUT2D eigenvalue weighted by Gasteiger charge is 2.25. The van der Waals surface area contributed by atoms with Gasteiger partial charge in [-0.15, -0.1) is 0 Å². The van der Waals surface area contributed by atoms with Crippen LogP contribution in [-0.2, 0) is 0 Å². The molecule has 3 heterocycles. The van der Waals surface area contributed by atoms with Crippen LogP contribution in [0.15, 0.2) is 59.3 Å². The molecule has 0 atom stereocenters. The Hall–Kier alpha value is -3.12. The minimum Gasteiger partial charge on any atom is -0.436 e. The lowest BCUT2D eigenvalue weighted by atomic mass is 10.0. The summed E-state index contributed by atoms with van der Waals surface area (Å²) in [6.07, 6.45) is 3.44. The first kappa shape index (κ1) is 17.9. The topological polar surface area (TPSA) is 57.1 Å². The van der Waals surface area contributed by atoms with E-state index in [0.717, 1.165) is 36.1 Å². The smallest absolute Gasteiger partial charge is 0.230 e. The van der Waals surface area contributed by atoms with Gasteiger partial charge in [0.1, 0.15) is 5.82 Å². The average molecular weight is 390 g/mol. The Morgan fingerprint density at radius 1 is 1.10 bits per heavy atom. The predicted octanol–water partition coefficient (Wildman–Crippen LogP) is 4.82. The summed E-state index contributed by atoms with van der Waals surface area (Å²) in [6, 6.07) is 13.2. The van der Waals surface area contributed by atoms with Crippen LogP contribution < -0.4 is 10.2 Å². The Morgan fingerprint density at radius 2 is 1.93 bits per heavy atom. The third kappa shape index (κ3) is 3.29. The van der Waals surface area contributed by atoms with E-state index in [4.69, 9.17) is 4.42 Å². The number of hydrogen-bond donors (Lipinski definition) is 2. The molecule has 1 saturated heterocycles. The van der Waals surface area contributed by atoms with Crippen LogP contribution in [0.3, 0.4) is 0 Å². The number of piperazine rings is 1. The number of nitrogens with zero attached hydrogens (tertiary/aromatic N) is 2. The average Bonchev–Trinajstić information content (AvgIpc) is 3.37. The van der Waals surface area contributed by atoms with E-state index in [1.807, 2.05) is 18.2 Å². The molecule has 0 saturated carbocycles. The van der Waals surface area contributed by atoms with Gasteiger partial charge >= 0.3 is 0 Å². The normalized spacial score (nSPS) is 16.4. The number of aromatic amines is 1. The lowest BCUT2D eigenvalue weighted by Gasteiger charge is -2.40. The molecule has 4 aromatic rings. The van der Waals surface area contributed by atoms with Crippen LogP contribution in [0, 0.1) is 5.82 Å². The fourth-order valence-electron chi connectivity index (χ4n) is 4.05. The fraction of sp³-hybridized carbons (Fsp3) is 0.261. The fourth-order valence-corrected chi connectivity index (χ4v) is 4.05. The summed E-state index contributed by atoms with van der Waals surface area (Å²) in [5.74, 6) is 0.567. The standard InChI is InChI=1S/C23H23FN4O/c1-23(2)14-28(12-11-27-23)16-5-3-15(4-6-16)20-13-26-22(29-20)21-17-9-10-25-19(17)8-7-18(21)24/h3-10,13,25,27H,11-12,14H2,1-2H3. The number of anilines is 1. The first-order valence-corrected chi connectivity index (χ1v) is 9.82. The molecule has 1 aliphatic rings. The van der Waals surface area contributed by atoms with Crippen molar-refractivity contribution in [3.63, 3.8) is 0 Å².